The van der Waals surface area contributed by atoms with Gasteiger partial charge in [0.05, 0.1) is 4.90 Å². The lowest BCUT2D eigenvalue weighted by Crippen LogP contribution is -2.23. The Morgan fingerprint density at radius 3 is 2.39 bits per heavy atom. The smallest absolute Gasteiger partial charge is 0.240 e. The van der Waals surface area contributed by atoms with Crippen molar-refractivity contribution < 1.29 is 13.2 Å². The Kier molecular flexibility index (Phi) is 3.82. The van der Waals surface area contributed by atoms with E-state index < -0.39 is 10.0 Å². The number of ketones is 1. The van der Waals surface area contributed by atoms with Gasteiger partial charge in [-0.25, -0.2) is 13.1 Å². The zero-order valence-corrected chi connectivity index (χ0v) is 11.2. The van der Waals surface area contributed by atoms with E-state index in [9.17, 15) is 13.2 Å². The molecule has 1 fully saturated rings. The maximum Gasteiger partial charge on any atom is 0.240 e. The van der Waals surface area contributed by atoms with Gasteiger partial charge in [-0.15, -0.1) is 0 Å². The number of carbonyl (C=O) groups excluding carboxylic acids is 1. The Bertz CT molecular complexity index is 530. The van der Waals surface area contributed by atoms with Gasteiger partial charge in [0.25, 0.3) is 0 Å². The van der Waals surface area contributed by atoms with E-state index in [-0.39, 0.29) is 16.6 Å². The minimum atomic E-state index is -3.39. The maximum atomic E-state index is 11.7. The van der Waals surface area contributed by atoms with Gasteiger partial charge in [0, 0.05) is 18.9 Å². The fourth-order valence-corrected chi connectivity index (χ4v) is 2.85. The van der Waals surface area contributed by atoms with Crippen molar-refractivity contribution >= 4 is 15.8 Å². The average molecular weight is 267 g/mol. The fourth-order valence-electron chi connectivity index (χ4n) is 1.81. The highest BCUT2D eigenvalue weighted by atomic mass is 32.2. The minimum Gasteiger partial charge on any atom is -0.299 e. The Labute approximate surface area is 107 Å². The van der Waals surface area contributed by atoms with E-state index in [2.05, 4.69) is 4.72 Å². The van der Waals surface area contributed by atoms with E-state index in [4.69, 9.17) is 0 Å². The third kappa shape index (κ3) is 3.17. The van der Waals surface area contributed by atoms with Crippen molar-refractivity contribution in [3.05, 3.63) is 29.8 Å². The summed E-state index contributed by atoms with van der Waals surface area (Å²) in [6, 6.07) is 6.52. The van der Waals surface area contributed by atoms with Gasteiger partial charge in [-0.1, -0.05) is 19.1 Å². The summed E-state index contributed by atoms with van der Waals surface area (Å²) < 4.78 is 25.8. The monoisotopic (exact) mass is 267 g/mol. The molecule has 1 aromatic rings. The number of rotatable bonds is 6. The molecule has 4 nitrogen and oxygen atoms in total. The SMILES string of the molecule is CCNS(=O)(=O)c1ccc(CC(=O)C2CC2)cc1. The van der Waals surface area contributed by atoms with Gasteiger partial charge in [-0.05, 0) is 30.5 Å². The Hall–Kier alpha value is -1.20. The van der Waals surface area contributed by atoms with E-state index in [0.29, 0.717) is 13.0 Å². The molecule has 2 rings (SSSR count). The van der Waals surface area contributed by atoms with Crippen LogP contribution >= 0.6 is 0 Å². The lowest BCUT2D eigenvalue weighted by atomic mass is 10.1. The molecule has 0 atom stereocenters. The molecule has 18 heavy (non-hydrogen) atoms. The molecular weight excluding hydrogens is 250 g/mol. The summed E-state index contributed by atoms with van der Waals surface area (Å²) in [4.78, 5) is 11.9. The van der Waals surface area contributed by atoms with Crippen LogP contribution in [0.1, 0.15) is 25.3 Å². The molecule has 1 saturated carbocycles. The number of hydrogen-bond acceptors (Lipinski definition) is 3. The molecule has 1 aromatic carbocycles. The summed E-state index contributed by atoms with van der Waals surface area (Å²) in [6.07, 6.45) is 2.42. The predicted octanol–water partition coefficient (Wildman–Crippen LogP) is 1.51. The molecule has 0 saturated heterocycles. The number of benzene rings is 1. The summed E-state index contributed by atoms with van der Waals surface area (Å²) in [7, 11) is -3.39. The Balaban J connectivity index is 2.07. The van der Waals surface area contributed by atoms with Crippen LogP contribution in [0.5, 0.6) is 0 Å². The number of sulfonamides is 1. The van der Waals surface area contributed by atoms with Crippen molar-refractivity contribution in [1.82, 2.24) is 4.72 Å². The van der Waals surface area contributed by atoms with Crippen molar-refractivity contribution in [1.29, 1.82) is 0 Å². The van der Waals surface area contributed by atoms with Gasteiger partial charge < -0.3 is 0 Å². The first-order valence-electron chi connectivity index (χ1n) is 6.14. The molecule has 0 aliphatic heterocycles. The molecule has 0 unspecified atom stereocenters. The number of carbonyl (C=O) groups is 1. The van der Waals surface area contributed by atoms with Crippen LogP contribution in [-0.4, -0.2) is 20.7 Å². The average Bonchev–Trinajstić information content (AvgIpc) is 3.13. The Morgan fingerprint density at radius 1 is 1.28 bits per heavy atom. The quantitative estimate of drug-likeness (QED) is 0.849. The lowest BCUT2D eigenvalue weighted by molar-refractivity contribution is -0.119. The third-order valence-corrected chi connectivity index (χ3v) is 4.54. The van der Waals surface area contributed by atoms with Gasteiger partial charge >= 0.3 is 0 Å². The van der Waals surface area contributed by atoms with E-state index in [1.165, 1.54) is 0 Å². The molecule has 1 aliphatic rings. The highest BCUT2D eigenvalue weighted by molar-refractivity contribution is 7.89. The molecule has 0 radical (unpaired) electrons. The normalized spacial score (nSPS) is 15.6. The van der Waals surface area contributed by atoms with Crippen LogP contribution in [0.2, 0.25) is 0 Å². The molecular formula is C13H17NO3S. The van der Waals surface area contributed by atoms with Gasteiger partial charge in [0.15, 0.2) is 0 Å². The molecule has 0 bridgehead atoms. The van der Waals surface area contributed by atoms with E-state index in [0.717, 1.165) is 18.4 Å². The molecule has 1 N–H and O–H groups in total. The van der Waals surface area contributed by atoms with Crippen LogP contribution in [0.3, 0.4) is 0 Å². The summed E-state index contributed by atoms with van der Waals surface area (Å²) in [5.74, 6) is 0.507. The minimum absolute atomic E-state index is 0.243. The first-order valence-corrected chi connectivity index (χ1v) is 7.62. The van der Waals surface area contributed by atoms with Crippen molar-refractivity contribution in [2.75, 3.05) is 6.54 Å². The molecule has 0 amide bonds. The second-order valence-corrected chi connectivity index (χ2v) is 6.33. The second-order valence-electron chi connectivity index (χ2n) is 4.56. The van der Waals surface area contributed by atoms with Crippen LogP contribution in [0, 0.1) is 5.92 Å². The zero-order chi connectivity index (χ0) is 13.2. The highest BCUT2D eigenvalue weighted by Gasteiger charge is 2.29. The predicted molar refractivity (Wildman–Crippen MR) is 68.7 cm³/mol. The van der Waals surface area contributed by atoms with E-state index >= 15 is 0 Å². The summed E-state index contributed by atoms with van der Waals surface area (Å²) in [5.41, 5.74) is 0.877. The summed E-state index contributed by atoms with van der Waals surface area (Å²) in [5, 5.41) is 0. The number of nitrogens with one attached hydrogen (secondary N) is 1. The van der Waals surface area contributed by atoms with Gasteiger partial charge in [0.2, 0.25) is 10.0 Å². The van der Waals surface area contributed by atoms with Crippen LogP contribution in [0.4, 0.5) is 0 Å². The second kappa shape index (κ2) is 5.20. The first-order chi connectivity index (χ1) is 8.53. The molecule has 5 heteroatoms. The van der Waals surface area contributed by atoms with E-state index in [1.807, 2.05) is 0 Å². The van der Waals surface area contributed by atoms with Crippen LogP contribution in [0.25, 0.3) is 0 Å². The molecule has 1 aliphatic carbocycles. The summed E-state index contributed by atoms with van der Waals surface area (Å²) in [6.45, 7) is 2.10. The van der Waals surface area contributed by atoms with Crippen molar-refractivity contribution in [2.45, 2.75) is 31.1 Å². The largest absolute Gasteiger partial charge is 0.299 e. The highest BCUT2D eigenvalue weighted by Crippen LogP contribution is 2.30. The van der Waals surface area contributed by atoms with Gasteiger partial charge in [-0.3, -0.25) is 4.79 Å². The first kappa shape index (κ1) is 13.2. The van der Waals surface area contributed by atoms with Crippen molar-refractivity contribution in [2.24, 2.45) is 5.92 Å². The number of hydrogen-bond donors (Lipinski definition) is 1. The molecule has 98 valence electrons. The fraction of sp³-hybridized carbons (Fsp3) is 0.462. The van der Waals surface area contributed by atoms with Crippen LogP contribution in [0.15, 0.2) is 29.2 Å². The molecule has 0 spiro atoms. The Morgan fingerprint density at radius 2 is 1.89 bits per heavy atom. The standard InChI is InChI=1S/C13H17NO3S/c1-2-14-18(16,17)12-7-3-10(4-8-12)9-13(15)11-5-6-11/h3-4,7-8,11,14H,2,5-6,9H2,1H3. The van der Waals surface area contributed by atoms with Crippen LogP contribution in [-0.2, 0) is 21.2 Å². The number of Topliss-reactive ketones (excluding diaryl/α,β-unsaturated/α-hetero) is 1. The van der Waals surface area contributed by atoms with E-state index in [1.54, 1.807) is 31.2 Å². The molecule has 0 heterocycles. The topological polar surface area (TPSA) is 63.2 Å². The van der Waals surface area contributed by atoms with Gasteiger partial charge in [-0.2, -0.15) is 0 Å². The molecule has 0 aromatic heterocycles. The third-order valence-electron chi connectivity index (χ3n) is 2.98. The lowest BCUT2D eigenvalue weighted by Gasteiger charge is -2.05. The van der Waals surface area contributed by atoms with Crippen LogP contribution < -0.4 is 4.72 Å². The van der Waals surface area contributed by atoms with Crippen molar-refractivity contribution in [3.8, 4) is 0 Å². The summed E-state index contributed by atoms with van der Waals surface area (Å²) >= 11 is 0. The van der Waals surface area contributed by atoms with Gasteiger partial charge in [0.1, 0.15) is 5.78 Å². The van der Waals surface area contributed by atoms with Crippen molar-refractivity contribution in [3.63, 3.8) is 0 Å². The maximum absolute atomic E-state index is 11.7. The zero-order valence-electron chi connectivity index (χ0n) is 10.3.